The Morgan fingerprint density at radius 1 is 1.24 bits per heavy atom. The second-order valence-corrected chi connectivity index (χ2v) is 6.54. The van der Waals surface area contributed by atoms with Crippen LogP contribution in [0.3, 0.4) is 0 Å². The number of rotatable bonds is 5. The average molecular weight is 300 g/mol. The van der Waals surface area contributed by atoms with Crippen LogP contribution in [0.25, 0.3) is 0 Å². The zero-order valence-electron chi connectivity index (χ0n) is 12.1. The highest BCUT2D eigenvalue weighted by molar-refractivity contribution is 8.00. The first-order chi connectivity index (χ1) is 10.3. The molecule has 2 unspecified atom stereocenters. The smallest absolute Gasteiger partial charge is 0.122 e. The van der Waals surface area contributed by atoms with E-state index in [1.807, 2.05) is 30.0 Å². The van der Waals surface area contributed by atoms with E-state index in [1.165, 1.54) is 16.0 Å². The Labute approximate surface area is 129 Å². The van der Waals surface area contributed by atoms with Crippen molar-refractivity contribution >= 4 is 11.8 Å². The molecule has 2 aromatic rings. The second-order valence-electron chi connectivity index (χ2n) is 5.26. The minimum atomic E-state index is 0.221. The number of fused-ring (bicyclic) bond motifs is 1. The fourth-order valence-electron chi connectivity index (χ4n) is 2.84. The van der Waals surface area contributed by atoms with Crippen molar-refractivity contribution in [2.45, 2.75) is 29.0 Å². The third kappa shape index (κ3) is 3.07. The minimum absolute atomic E-state index is 0.221. The van der Waals surface area contributed by atoms with Crippen LogP contribution >= 0.6 is 11.8 Å². The highest BCUT2D eigenvalue weighted by Crippen LogP contribution is 2.39. The number of hydrogen-bond acceptors (Lipinski definition) is 4. The van der Waals surface area contributed by atoms with Gasteiger partial charge in [-0.15, -0.1) is 11.8 Å². The van der Waals surface area contributed by atoms with Gasteiger partial charge in [-0.25, -0.2) is 0 Å². The van der Waals surface area contributed by atoms with E-state index in [4.69, 9.17) is 10.6 Å². The summed E-state index contributed by atoms with van der Waals surface area (Å²) in [6.45, 7) is 0. The first kappa shape index (κ1) is 14.4. The summed E-state index contributed by atoms with van der Waals surface area (Å²) in [7, 11) is 1.71. The zero-order valence-corrected chi connectivity index (χ0v) is 12.9. The van der Waals surface area contributed by atoms with E-state index in [-0.39, 0.29) is 6.04 Å². The molecule has 21 heavy (non-hydrogen) atoms. The van der Waals surface area contributed by atoms with Gasteiger partial charge >= 0.3 is 0 Å². The highest BCUT2D eigenvalue weighted by Gasteiger charge is 2.29. The Bertz CT molecular complexity index is 592. The van der Waals surface area contributed by atoms with Gasteiger partial charge in [0.05, 0.1) is 7.11 Å². The molecule has 0 spiro atoms. The fourth-order valence-corrected chi connectivity index (χ4v) is 4.23. The van der Waals surface area contributed by atoms with Crippen molar-refractivity contribution < 1.29 is 4.74 Å². The summed E-state index contributed by atoms with van der Waals surface area (Å²) < 4.78 is 5.44. The van der Waals surface area contributed by atoms with Crippen molar-refractivity contribution in [2.75, 3.05) is 7.11 Å². The van der Waals surface area contributed by atoms with Crippen LogP contribution in [-0.4, -0.2) is 18.4 Å². The van der Waals surface area contributed by atoms with Crippen LogP contribution in [0.15, 0.2) is 53.4 Å². The number of nitrogens with two attached hydrogens (primary N) is 1. The first-order valence-electron chi connectivity index (χ1n) is 7.14. The molecule has 1 heterocycles. The number of nitrogens with one attached hydrogen (secondary N) is 1. The van der Waals surface area contributed by atoms with Crippen LogP contribution in [0.2, 0.25) is 0 Å². The minimum Gasteiger partial charge on any atom is -0.496 e. The van der Waals surface area contributed by atoms with Crippen LogP contribution in [0, 0.1) is 0 Å². The van der Waals surface area contributed by atoms with Gasteiger partial charge in [-0.05, 0) is 36.1 Å². The van der Waals surface area contributed by atoms with Gasteiger partial charge in [-0.2, -0.15) is 0 Å². The summed E-state index contributed by atoms with van der Waals surface area (Å²) in [5.41, 5.74) is 5.62. The quantitative estimate of drug-likeness (QED) is 0.658. The van der Waals surface area contributed by atoms with E-state index in [0.717, 1.165) is 18.6 Å². The van der Waals surface area contributed by atoms with Crippen molar-refractivity contribution in [2.24, 2.45) is 5.84 Å². The van der Waals surface area contributed by atoms with Crippen LogP contribution in [-0.2, 0) is 12.8 Å². The maximum absolute atomic E-state index is 5.82. The molecule has 0 bridgehead atoms. The molecule has 0 fully saturated rings. The summed E-state index contributed by atoms with van der Waals surface area (Å²) in [6.07, 6.45) is 1.93. The molecular weight excluding hydrogens is 280 g/mol. The number of thioether (sulfide) groups is 1. The normalized spacial score (nSPS) is 18.3. The zero-order chi connectivity index (χ0) is 14.7. The van der Waals surface area contributed by atoms with Gasteiger partial charge in [-0.3, -0.25) is 11.3 Å². The van der Waals surface area contributed by atoms with Crippen molar-refractivity contribution in [1.82, 2.24) is 5.43 Å². The fraction of sp³-hybridized carbons (Fsp3) is 0.294. The lowest BCUT2D eigenvalue weighted by molar-refractivity contribution is 0.404. The number of hydrazine groups is 1. The number of methoxy groups -OCH3 is 1. The second kappa shape index (κ2) is 6.52. The lowest BCUT2D eigenvalue weighted by Gasteiger charge is -2.23. The maximum atomic E-state index is 5.82. The van der Waals surface area contributed by atoms with Crippen molar-refractivity contribution in [3.8, 4) is 5.75 Å². The van der Waals surface area contributed by atoms with Gasteiger partial charge in [0, 0.05) is 16.2 Å². The Kier molecular flexibility index (Phi) is 4.48. The molecule has 1 aliphatic rings. The van der Waals surface area contributed by atoms with E-state index in [0.29, 0.717) is 5.25 Å². The molecule has 4 heteroatoms. The van der Waals surface area contributed by atoms with Crippen molar-refractivity contribution in [1.29, 1.82) is 0 Å². The van der Waals surface area contributed by atoms with E-state index >= 15 is 0 Å². The molecule has 0 saturated carbocycles. The molecule has 1 aliphatic heterocycles. The van der Waals surface area contributed by atoms with Gasteiger partial charge in [0.15, 0.2) is 0 Å². The Morgan fingerprint density at radius 2 is 2.00 bits per heavy atom. The van der Waals surface area contributed by atoms with Gasteiger partial charge in [-0.1, -0.05) is 36.4 Å². The third-order valence-electron chi connectivity index (χ3n) is 3.97. The first-order valence-corrected chi connectivity index (χ1v) is 8.02. The molecule has 3 nitrogen and oxygen atoms in total. The van der Waals surface area contributed by atoms with E-state index in [1.54, 1.807) is 7.11 Å². The van der Waals surface area contributed by atoms with Crippen molar-refractivity contribution in [3.05, 3.63) is 59.7 Å². The molecule has 0 saturated heterocycles. The number of para-hydroxylation sites is 1. The van der Waals surface area contributed by atoms with Gasteiger partial charge in [0.1, 0.15) is 5.75 Å². The Balaban J connectivity index is 1.75. The van der Waals surface area contributed by atoms with E-state index in [9.17, 15) is 0 Å². The molecular formula is C17H20N2OS. The van der Waals surface area contributed by atoms with E-state index < -0.39 is 0 Å². The SMILES string of the molecule is COc1ccccc1CC(NN)C1Cc2ccccc2S1. The summed E-state index contributed by atoms with van der Waals surface area (Å²) in [5, 5.41) is 0.456. The largest absolute Gasteiger partial charge is 0.496 e. The van der Waals surface area contributed by atoms with Gasteiger partial charge in [0.25, 0.3) is 0 Å². The number of ether oxygens (including phenoxy) is 1. The lowest BCUT2D eigenvalue weighted by Crippen LogP contribution is -2.44. The Morgan fingerprint density at radius 3 is 2.76 bits per heavy atom. The summed E-state index contributed by atoms with van der Waals surface area (Å²) in [5.74, 6) is 6.75. The number of benzene rings is 2. The molecule has 3 rings (SSSR count). The summed E-state index contributed by atoms with van der Waals surface area (Å²) in [6, 6.07) is 17.0. The standard InChI is InChI=1S/C17H20N2OS/c1-20-15-8-4-2-6-12(15)10-14(19-18)17-11-13-7-3-5-9-16(13)21-17/h2-9,14,17,19H,10-11,18H2,1H3. The maximum Gasteiger partial charge on any atom is 0.122 e. The lowest BCUT2D eigenvalue weighted by atomic mass is 9.99. The molecule has 0 amide bonds. The summed E-state index contributed by atoms with van der Waals surface area (Å²) >= 11 is 1.92. The van der Waals surface area contributed by atoms with Crippen LogP contribution < -0.4 is 16.0 Å². The topological polar surface area (TPSA) is 47.3 Å². The average Bonchev–Trinajstić information content (AvgIpc) is 2.96. The highest BCUT2D eigenvalue weighted by atomic mass is 32.2. The monoisotopic (exact) mass is 300 g/mol. The summed E-state index contributed by atoms with van der Waals surface area (Å²) in [4.78, 5) is 1.38. The molecule has 0 aliphatic carbocycles. The third-order valence-corrected chi connectivity index (χ3v) is 5.42. The van der Waals surface area contributed by atoms with Crippen molar-refractivity contribution in [3.63, 3.8) is 0 Å². The molecule has 0 aromatic heterocycles. The molecule has 110 valence electrons. The predicted molar refractivity (Wildman–Crippen MR) is 87.6 cm³/mol. The van der Waals surface area contributed by atoms with Crippen LogP contribution in [0.5, 0.6) is 5.75 Å². The number of hydrogen-bond donors (Lipinski definition) is 2. The molecule has 2 aromatic carbocycles. The molecule has 3 N–H and O–H groups in total. The van der Waals surface area contributed by atoms with Gasteiger partial charge < -0.3 is 4.74 Å². The molecule has 2 atom stereocenters. The van der Waals surface area contributed by atoms with E-state index in [2.05, 4.69) is 35.8 Å². The van der Waals surface area contributed by atoms with Crippen LogP contribution in [0.1, 0.15) is 11.1 Å². The van der Waals surface area contributed by atoms with Gasteiger partial charge in [0.2, 0.25) is 0 Å². The van der Waals surface area contributed by atoms with Crippen LogP contribution in [0.4, 0.5) is 0 Å². The Hall–Kier alpha value is -1.49. The molecule has 0 radical (unpaired) electrons. The predicted octanol–water partition coefficient (Wildman–Crippen LogP) is 2.79.